The minimum Gasteiger partial charge on any atom is -0.508 e. The van der Waals surface area contributed by atoms with Gasteiger partial charge in [0.2, 0.25) is 11.8 Å². The van der Waals surface area contributed by atoms with Gasteiger partial charge in [-0.3, -0.25) is 19.7 Å². The Bertz CT molecular complexity index is 1860. The van der Waals surface area contributed by atoms with Crippen molar-refractivity contribution in [3.8, 4) is 11.5 Å². The van der Waals surface area contributed by atoms with E-state index in [-0.39, 0.29) is 24.0 Å². The third-order valence-corrected chi connectivity index (χ3v) is 9.04. The van der Waals surface area contributed by atoms with Crippen molar-refractivity contribution in [2.75, 3.05) is 44.9 Å². The second kappa shape index (κ2) is 17.0. The molecule has 2 aliphatic rings. The second-order valence-electron chi connectivity index (χ2n) is 12.4. The number of allylic oxidation sites excluding steroid dienone is 1. The summed E-state index contributed by atoms with van der Waals surface area (Å²) in [5.41, 5.74) is 7.92. The highest BCUT2D eigenvalue weighted by atomic mass is 16.5. The quantitative estimate of drug-likeness (QED) is 0.0738. The Labute approximate surface area is 298 Å². The van der Waals surface area contributed by atoms with Gasteiger partial charge in [0.25, 0.3) is 5.91 Å². The van der Waals surface area contributed by atoms with Crippen molar-refractivity contribution in [1.82, 2.24) is 10.2 Å². The van der Waals surface area contributed by atoms with Crippen molar-refractivity contribution < 1.29 is 33.7 Å². The van der Waals surface area contributed by atoms with E-state index in [1.54, 1.807) is 23.1 Å². The van der Waals surface area contributed by atoms with E-state index in [4.69, 9.17) is 14.2 Å². The van der Waals surface area contributed by atoms with Crippen LogP contribution in [0.3, 0.4) is 0 Å². The highest BCUT2D eigenvalue weighted by Crippen LogP contribution is 2.35. The maximum atomic E-state index is 12.9. The molecule has 4 aromatic rings. The molecule has 0 saturated carbocycles. The van der Waals surface area contributed by atoms with Crippen LogP contribution in [0.1, 0.15) is 58.8 Å². The summed E-state index contributed by atoms with van der Waals surface area (Å²) in [6, 6.07) is 30.7. The Morgan fingerprint density at radius 3 is 2.22 bits per heavy atom. The van der Waals surface area contributed by atoms with Crippen molar-refractivity contribution in [1.29, 1.82) is 0 Å². The lowest BCUT2D eigenvalue weighted by Crippen LogP contribution is -2.52. The second-order valence-corrected chi connectivity index (χ2v) is 12.4. The normalized spacial score (nSPS) is 16.1. The smallest absolute Gasteiger partial charge is 0.255 e. The molecule has 1 saturated heterocycles. The number of piperidine rings is 1. The number of benzene rings is 4. The lowest BCUT2D eigenvalue weighted by Gasteiger charge is -2.29. The Hall–Kier alpha value is -5.45. The lowest BCUT2D eigenvalue weighted by molar-refractivity contribution is -0.136. The van der Waals surface area contributed by atoms with Gasteiger partial charge in [0.05, 0.1) is 26.4 Å². The van der Waals surface area contributed by atoms with Gasteiger partial charge in [0.15, 0.2) is 0 Å². The van der Waals surface area contributed by atoms with E-state index in [0.29, 0.717) is 58.1 Å². The van der Waals surface area contributed by atoms with E-state index >= 15 is 0 Å². The van der Waals surface area contributed by atoms with Crippen LogP contribution in [0.25, 0.3) is 11.1 Å². The van der Waals surface area contributed by atoms with Crippen LogP contribution in [0.5, 0.6) is 11.5 Å². The molecular formula is C41H43N3O7. The minimum absolute atomic E-state index is 0.185. The number of ether oxygens (including phenoxy) is 3. The zero-order valence-corrected chi connectivity index (χ0v) is 28.7. The average molecular weight is 690 g/mol. The first kappa shape index (κ1) is 35.4. The molecule has 0 bridgehead atoms. The maximum Gasteiger partial charge on any atom is 0.255 e. The van der Waals surface area contributed by atoms with Crippen LogP contribution in [0.4, 0.5) is 5.69 Å². The average Bonchev–Trinajstić information content (AvgIpc) is 3.47. The number of fused-ring (bicyclic) bond motifs is 1. The SMILES string of the molecule is CCC(=C(c1ccc(O)cc1)c1ccc(OCCOCCOCCNc2ccc3c(c2)CN(C2CCC(=O)NC2=O)C3=O)cc1)c1ccccc1. The van der Waals surface area contributed by atoms with Crippen molar-refractivity contribution in [2.24, 2.45) is 0 Å². The van der Waals surface area contributed by atoms with Gasteiger partial charge in [-0.1, -0.05) is 61.5 Å². The van der Waals surface area contributed by atoms with E-state index < -0.39 is 11.9 Å². The Morgan fingerprint density at radius 1 is 0.824 bits per heavy atom. The lowest BCUT2D eigenvalue weighted by atomic mass is 9.88. The first-order valence-electron chi connectivity index (χ1n) is 17.4. The fourth-order valence-electron chi connectivity index (χ4n) is 6.52. The largest absolute Gasteiger partial charge is 0.508 e. The van der Waals surface area contributed by atoms with Crippen molar-refractivity contribution in [3.63, 3.8) is 0 Å². The molecule has 4 aromatic carbocycles. The van der Waals surface area contributed by atoms with Gasteiger partial charge < -0.3 is 29.5 Å². The summed E-state index contributed by atoms with van der Waals surface area (Å²) in [4.78, 5) is 38.2. The fourth-order valence-corrected chi connectivity index (χ4v) is 6.52. The van der Waals surface area contributed by atoms with E-state index in [0.717, 1.165) is 40.1 Å². The number of aromatic hydroxyl groups is 1. The summed E-state index contributed by atoms with van der Waals surface area (Å²) >= 11 is 0. The minimum atomic E-state index is -0.623. The molecule has 2 heterocycles. The predicted octanol–water partition coefficient (Wildman–Crippen LogP) is 6.05. The number of hydrogen-bond acceptors (Lipinski definition) is 8. The summed E-state index contributed by atoms with van der Waals surface area (Å²) < 4.78 is 17.3. The van der Waals surface area contributed by atoms with Crippen LogP contribution >= 0.6 is 0 Å². The first-order valence-corrected chi connectivity index (χ1v) is 17.4. The summed E-state index contributed by atoms with van der Waals surface area (Å²) in [7, 11) is 0. The van der Waals surface area contributed by atoms with Gasteiger partial charge in [-0.15, -0.1) is 0 Å². The number of carbonyl (C=O) groups is 3. The van der Waals surface area contributed by atoms with Gasteiger partial charge in [0.1, 0.15) is 24.1 Å². The van der Waals surface area contributed by atoms with Gasteiger partial charge in [-0.25, -0.2) is 0 Å². The van der Waals surface area contributed by atoms with Gasteiger partial charge >= 0.3 is 0 Å². The first-order chi connectivity index (χ1) is 24.9. The Kier molecular flexibility index (Phi) is 11.8. The molecule has 51 heavy (non-hydrogen) atoms. The number of phenols is 1. The number of rotatable bonds is 16. The molecule has 0 radical (unpaired) electrons. The summed E-state index contributed by atoms with van der Waals surface area (Å²) in [6.07, 6.45) is 1.42. The molecule has 1 unspecified atom stereocenters. The summed E-state index contributed by atoms with van der Waals surface area (Å²) in [5, 5.41) is 15.5. The van der Waals surface area contributed by atoms with Gasteiger partial charge in [-0.05, 0) is 88.7 Å². The number of hydrogen-bond donors (Lipinski definition) is 3. The van der Waals surface area contributed by atoms with Crippen LogP contribution < -0.4 is 15.4 Å². The molecule has 1 atom stereocenters. The van der Waals surface area contributed by atoms with Crippen molar-refractivity contribution in [3.05, 3.63) is 125 Å². The van der Waals surface area contributed by atoms with Crippen LogP contribution in [0.15, 0.2) is 97.1 Å². The van der Waals surface area contributed by atoms with Crippen LogP contribution in [-0.2, 0) is 25.6 Å². The molecule has 0 aliphatic carbocycles. The van der Waals surface area contributed by atoms with Crippen molar-refractivity contribution >= 4 is 34.6 Å². The Balaban J connectivity index is 0.898. The van der Waals surface area contributed by atoms with E-state index in [9.17, 15) is 19.5 Å². The topological polar surface area (TPSA) is 126 Å². The number of carbonyl (C=O) groups excluding carboxylic acids is 3. The molecule has 3 N–H and O–H groups in total. The number of phenolic OH excluding ortho intramolecular Hbond substituents is 1. The van der Waals surface area contributed by atoms with Gasteiger partial charge in [0, 0.05) is 30.8 Å². The third kappa shape index (κ3) is 8.83. The summed E-state index contributed by atoms with van der Waals surface area (Å²) in [6.45, 7) is 5.29. The van der Waals surface area contributed by atoms with Crippen LogP contribution in [-0.4, -0.2) is 73.3 Å². The standard InChI is InChI=1S/C41H43N3O7/c1-2-35(28-6-4-3-5-7-28)39(29-8-13-33(45)14-9-29)30-10-15-34(16-11-30)51-25-24-50-23-22-49-21-20-42-32-12-17-36-31(26-32)27-44(41(36)48)37-18-19-38(46)43-40(37)47/h3-17,26,37,42,45H,2,18-25,27H2,1H3,(H,43,46,47). The molecule has 3 amide bonds. The molecule has 6 rings (SSSR count). The van der Waals surface area contributed by atoms with Crippen LogP contribution in [0, 0.1) is 0 Å². The molecule has 1 fully saturated rings. The highest BCUT2D eigenvalue weighted by Gasteiger charge is 2.39. The van der Waals surface area contributed by atoms with E-state index in [2.05, 4.69) is 41.8 Å². The number of amides is 3. The number of imide groups is 1. The van der Waals surface area contributed by atoms with Gasteiger partial charge in [-0.2, -0.15) is 0 Å². The van der Waals surface area contributed by atoms with E-state index in [1.807, 2.05) is 54.6 Å². The maximum absolute atomic E-state index is 12.9. The number of nitrogens with one attached hydrogen (secondary N) is 2. The Morgan fingerprint density at radius 2 is 1.51 bits per heavy atom. The number of nitrogens with zero attached hydrogens (tertiary/aromatic N) is 1. The molecule has 264 valence electrons. The monoisotopic (exact) mass is 689 g/mol. The third-order valence-electron chi connectivity index (χ3n) is 9.04. The van der Waals surface area contributed by atoms with Crippen molar-refractivity contribution in [2.45, 2.75) is 38.8 Å². The fraction of sp³-hybridized carbons (Fsp3) is 0.293. The molecule has 0 aromatic heterocycles. The molecule has 2 aliphatic heterocycles. The zero-order valence-electron chi connectivity index (χ0n) is 28.7. The molecule has 10 nitrogen and oxygen atoms in total. The predicted molar refractivity (Wildman–Crippen MR) is 195 cm³/mol. The molecular weight excluding hydrogens is 646 g/mol. The molecule has 10 heteroatoms. The van der Waals surface area contributed by atoms with Crippen LogP contribution in [0.2, 0.25) is 0 Å². The zero-order chi connectivity index (χ0) is 35.6. The highest BCUT2D eigenvalue weighted by molar-refractivity contribution is 6.05. The summed E-state index contributed by atoms with van der Waals surface area (Å²) in [5.74, 6) is 0.0983. The van der Waals surface area contributed by atoms with E-state index in [1.165, 1.54) is 11.1 Å². The molecule has 0 spiro atoms. The number of anilines is 1.